The van der Waals surface area contributed by atoms with Crippen LogP contribution in [0.3, 0.4) is 0 Å². The third kappa shape index (κ3) is 3.89. The third-order valence-corrected chi connectivity index (χ3v) is 5.37. The summed E-state index contributed by atoms with van der Waals surface area (Å²) in [7, 11) is -3.56. The van der Waals surface area contributed by atoms with Crippen LogP contribution in [0.1, 0.15) is 10.4 Å². The van der Waals surface area contributed by atoms with Crippen molar-refractivity contribution in [2.75, 3.05) is 11.6 Å². The van der Waals surface area contributed by atoms with Gasteiger partial charge in [-0.25, -0.2) is 17.8 Å². The number of hydrogen-bond acceptors (Lipinski definition) is 6. The van der Waals surface area contributed by atoms with Crippen molar-refractivity contribution < 1.29 is 22.7 Å². The molecule has 0 spiro atoms. The molecule has 0 atom stereocenters. The molecule has 0 saturated heterocycles. The number of anilines is 1. The Kier molecular flexibility index (Phi) is 4.75. The zero-order valence-electron chi connectivity index (χ0n) is 13.4. The highest BCUT2D eigenvalue weighted by molar-refractivity contribution is 7.90. The average molecular weight is 392 g/mol. The molecule has 3 rings (SSSR count). The Hall–Kier alpha value is -2.78. The van der Waals surface area contributed by atoms with Crippen molar-refractivity contribution in [2.45, 2.75) is 4.90 Å². The number of phenols is 1. The van der Waals surface area contributed by atoms with Gasteiger partial charge < -0.3 is 5.11 Å². The van der Waals surface area contributed by atoms with Gasteiger partial charge >= 0.3 is 0 Å². The van der Waals surface area contributed by atoms with E-state index in [-0.39, 0.29) is 21.3 Å². The Morgan fingerprint density at radius 1 is 1.19 bits per heavy atom. The number of halogens is 1. The molecule has 3 aromatic rings. The van der Waals surface area contributed by atoms with E-state index in [1.807, 2.05) is 0 Å². The van der Waals surface area contributed by atoms with E-state index in [9.17, 15) is 22.7 Å². The maximum atomic E-state index is 13.9. The van der Waals surface area contributed by atoms with Gasteiger partial charge in [-0.15, -0.1) is 11.3 Å². The molecule has 1 heterocycles. The van der Waals surface area contributed by atoms with Crippen LogP contribution < -0.4 is 5.32 Å². The summed E-state index contributed by atoms with van der Waals surface area (Å²) >= 11 is 1.14. The molecule has 0 radical (unpaired) electrons. The Morgan fingerprint density at radius 2 is 1.88 bits per heavy atom. The summed E-state index contributed by atoms with van der Waals surface area (Å²) in [5, 5.41) is 13.7. The van der Waals surface area contributed by atoms with Gasteiger partial charge in [0.1, 0.15) is 11.6 Å². The first kappa shape index (κ1) is 18.0. The average Bonchev–Trinajstić information content (AvgIpc) is 3.03. The summed E-state index contributed by atoms with van der Waals surface area (Å²) < 4.78 is 37.1. The summed E-state index contributed by atoms with van der Waals surface area (Å²) in [5.74, 6) is -1.50. The van der Waals surface area contributed by atoms with Crippen molar-refractivity contribution in [3.05, 3.63) is 59.2 Å². The number of carbonyl (C=O) groups excluding carboxylic acids is 1. The molecule has 0 saturated carbocycles. The van der Waals surface area contributed by atoms with Gasteiger partial charge in [-0.3, -0.25) is 10.1 Å². The van der Waals surface area contributed by atoms with Gasteiger partial charge in [-0.1, -0.05) is 0 Å². The van der Waals surface area contributed by atoms with Crippen LogP contribution in [0.2, 0.25) is 0 Å². The molecule has 26 heavy (non-hydrogen) atoms. The van der Waals surface area contributed by atoms with Crippen LogP contribution in [0.4, 0.5) is 9.52 Å². The van der Waals surface area contributed by atoms with Crippen LogP contribution in [-0.4, -0.2) is 30.7 Å². The van der Waals surface area contributed by atoms with Crippen molar-refractivity contribution in [3.63, 3.8) is 0 Å². The van der Waals surface area contributed by atoms with Gasteiger partial charge in [0.15, 0.2) is 15.0 Å². The Labute approximate surface area is 152 Å². The van der Waals surface area contributed by atoms with Crippen LogP contribution in [0, 0.1) is 5.82 Å². The second-order valence-electron chi connectivity index (χ2n) is 5.45. The molecule has 0 bridgehead atoms. The SMILES string of the molecule is CS(=O)(=O)c1ccc(F)c(C(=O)Nc2nc(-c3ccc(O)cc3)cs2)c1. The van der Waals surface area contributed by atoms with E-state index >= 15 is 0 Å². The highest BCUT2D eigenvalue weighted by Crippen LogP contribution is 2.27. The van der Waals surface area contributed by atoms with Crippen molar-refractivity contribution in [1.82, 2.24) is 4.98 Å². The first-order valence-corrected chi connectivity index (χ1v) is 10.1. The number of nitrogens with zero attached hydrogens (tertiary/aromatic N) is 1. The molecule has 1 aromatic heterocycles. The Morgan fingerprint density at radius 3 is 2.54 bits per heavy atom. The minimum Gasteiger partial charge on any atom is -0.508 e. The summed E-state index contributed by atoms with van der Waals surface area (Å²) in [5.41, 5.74) is 0.940. The van der Waals surface area contributed by atoms with Crippen LogP contribution >= 0.6 is 11.3 Å². The van der Waals surface area contributed by atoms with E-state index in [4.69, 9.17) is 0 Å². The first-order chi connectivity index (χ1) is 12.2. The number of thiazole rings is 1. The van der Waals surface area contributed by atoms with Crippen molar-refractivity contribution in [3.8, 4) is 17.0 Å². The fourth-order valence-corrected chi connectivity index (χ4v) is 3.53. The van der Waals surface area contributed by atoms with Gasteiger partial charge in [-0.05, 0) is 42.5 Å². The van der Waals surface area contributed by atoms with Crippen LogP contribution in [0.15, 0.2) is 52.7 Å². The maximum Gasteiger partial charge on any atom is 0.260 e. The highest BCUT2D eigenvalue weighted by Gasteiger charge is 2.18. The third-order valence-electron chi connectivity index (χ3n) is 3.50. The molecular weight excluding hydrogens is 379 g/mol. The molecule has 0 fully saturated rings. The number of carbonyl (C=O) groups is 1. The second-order valence-corrected chi connectivity index (χ2v) is 8.33. The molecule has 2 aromatic carbocycles. The lowest BCUT2D eigenvalue weighted by molar-refractivity contribution is 0.102. The minimum absolute atomic E-state index is 0.124. The van der Waals surface area contributed by atoms with Crippen LogP contribution in [0.5, 0.6) is 5.75 Å². The van der Waals surface area contributed by atoms with Gasteiger partial charge in [0.25, 0.3) is 5.91 Å². The minimum atomic E-state index is -3.56. The largest absolute Gasteiger partial charge is 0.508 e. The number of benzene rings is 2. The maximum absolute atomic E-state index is 13.9. The molecule has 6 nitrogen and oxygen atoms in total. The van der Waals surface area contributed by atoms with Gasteiger partial charge in [0, 0.05) is 17.2 Å². The number of amides is 1. The zero-order valence-corrected chi connectivity index (χ0v) is 15.1. The molecule has 0 unspecified atom stereocenters. The number of hydrogen-bond donors (Lipinski definition) is 2. The summed E-state index contributed by atoms with van der Waals surface area (Å²) in [4.78, 5) is 16.4. The summed E-state index contributed by atoms with van der Waals surface area (Å²) in [6.07, 6.45) is 0.979. The zero-order chi connectivity index (χ0) is 18.9. The number of nitrogens with one attached hydrogen (secondary N) is 1. The molecule has 0 aliphatic carbocycles. The predicted molar refractivity (Wildman–Crippen MR) is 96.7 cm³/mol. The fraction of sp³-hybridized carbons (Fsp3) is 0.0588. The normalized spacial score (nSPS) is 11.3. The number of aromatic nitrogens is 1. The van der Waals surface area contributed by atoms with Crippen molar-refractivity contribution >= 4 is 32.2 Å². The number of sulfone groups is 1. The quantitative estimate of drug-likeness (QED) is 0.664. The molecule has 0 aliphatic heterocycles. The fourth-order valence-electron chi connectivity index (χ4n) is 2.17. The molecule has 134 valence electrons. The van der Waals surface area contributed by atoms with Crippen LogP contribution in [0.25, 0.3) is 11.3 Å². The standard InChI is InChI=1S/C17H13FN2O4S2/c1-26(23,24)12-6-7-14(18)13(8-12)16(22)20-17-19-15(9-25-17)10-2-4-11(21)5-3-10/h2-9,21H,1H3,(H,19,20,22). The van der Waals surface area contributed by atoms with Crippen molar-refractivity contribution in [1.29, 1.82) is 0 Å². The van der Waals surface area contributed by atoms with Gasteiger partial charge in [0.05, 0.1) is 16.2 Å². The number of aromatic hydroxyl groups is 1. The van der Waals surface area contributed by atoms with E-state index in [0.29, 0.717) is 5.69 Å². The second kappa shape index (κ2) is 6.85. The molecule has 9 heteroatoms. The Bertz CT molecular complexity index is 1080. The topological polar surface area (TPSA) is 96.4 Å². The van der Waals surface area contributed by atoms with E-state index in [2.05, 4.69) is 10.3 Å². The van der Waals surface area contributed by atoms with Gasteiger partial charge in [-0.2, -0.15) is 0 Å². The molecule has 2 N–H and O–H groups in total. The van der Waals surface area contributed by atoms with E-state index < -0.39 is 21.6 Å². The van der Waals surface area contributed by atoms with E-state index in [1.165, 1.54) is 12.1 Å². The molecule has 1 amide bonds. The lowest BCUT2D eigenvalue weighted by atomic mass is 10.2. The predicted octanol–water partition coefficient (Wildman–Crippen LogP) is 3.31. The number of rotatable bonds is 4. The monoisotopic (exact) mass is 392 g/mol. The number of phenolic OH excluding ortho intramolecular Hbond substituents is 1. The lowest BCUT2D eigenvalue weighted by Gasteiger charge is -2.05. The summed E-state index contributed by atoms with van der Waals surface area (Å²) in [6, 6.07) is 9.41. The molecule has 0 aliphatic rings. The van der Waals surface area contributed by atoms with Gasteiger partial charge in [0.2, 0.25) is 0 Å². The first-order valence-electron chi connectivity index (χ1n) is 7.30. The highest BCUT2D eigenvalue weighted by atomic mass is 32.2. The smallest absolute Gasteiger partial charge is 0.260 e. The molecular formula is C17H13FN2O4S2. The van der Waals surface area contributed by atoms with E-state index in [0.717, 1.165) is 41.4 Å². The van der Waals surface area contributed by atoms with Crippen LogP contribution in [-0.2, 0) is 9.84 Å². The van der Waals surface area contributed by atoms with Crippen molar-refractivity contribution in [2.24, 2.45) is 0 Å². The lowest BCUT2D eigenvalue weighted by Crippen LogP contribution is -2.14. The van der Waals surface area contributed by atoms with E-state index in [1.54, 1.807) is 17.5 Å². The summed E-state index contributed by atoms with van der Waals surface area (Å²) in [6.45, 7) is 0. The Balaban J connectivity index is 1.84.